The van der Waals surface area contributed by atoms with E-state index in [9.17, 15) is 5.11 Å². The third-order valence-corrected chi connectivity index (χ3v) is 3.30. The van der Waals surface area contributed by atoms with Gasteiger partial charge in [0, 0.05) is 11.8 Å². The Morgan fingerprint density at radius 2 is 1.74 bits per heavy atom. The zero-order valence-electron chi connectivity index (χ0n) is 11.4. The summed E-state index contributed by atoms with van der Waals surface area (Å²) in [6, 6.07) is 7.80. The van der Waals surface area contributed by atoms with Gasteiger partial charge in [0.15, 0.2) is 0 Å². The molecule has 0 aliphatic carbocycles. The van der Waals surface area contributed by atoms with Gasteiger partial charge in [0.05, 0.1) is 23.9 Å². The van der Waals surface area contributed by atoms with Crippen molar-refractivity contribution in [3.05, 3.63) is 52.2 Å². The maximum Gasteiger partial charge on any atom is 0.0991 e. The van der Waals surface area contributed by atoms with E-state index in [0.29, 0.717) is 5.56 Å². The molecule has 0 amide bonds. The van der Waals surface area contributed by atoms with Gasteiger partial charge in [0.1, 0.15) is 0 Å². The quantitative estimate of drug-likeness (QED) is 0.893. The fraction of sp³-hybridized carbons (Fsp3) is 0.250. The Kier molecular flexibility index (Phi) is 3.64. The number of hydrogen-bond donors (Lipinski definition) is 1. The molecule has 19 heavy (non-hydrogen) atoms. The molecule has 96 valence electrons. The van der Waals surface area contributed by atoms with E-state index >= 15 is 0 Å². The summed E-state index contributed by atoms with van der Waals surface area (Å²) in [5.74, 6) is 0. The van der Waals surface area contributed by atoms with Crippen LogP contribution in [0.5, 0.6) is 0 Å². The molecule has 0 atom stereocenters. The first-order chi connectivity index (χ1) is 9.06. The minimum absolute atomic E-state index is 0.00965. The van der Waals surface area contributed by atoms with Gasteiger partial charge in [-0.3, -0.25) is 4.98 Å². The smallest absolute Gasteiger partial charge is 0.0991 e. The minimum atomic E-state index is 0.00965. The number of hydrogen-bond acceptors (Lipinski definition) is 3. The first-order valence-corrected chi connectivity index (χ1v) is 6.15. The lowest BCUT2D eigenvalue weighted by atomic mass is 9.95. The van der Waals surface area contributed by atoms with Crippen molar-refractivity contribution >= 4 is 0 Å². The van der Waals surface area contributed by atoms with Gasteiger partial charge in [-0.05, 0) is 61.2 Å². The molecule has 1 aromatic carbocycles. The van der Waals surface area contributed by atoms with Gasteiger partial charge in [-0.2, -0.15) is 5.26 Å². The molecule has 3 nitrogen and oxygen atoms in total. The summed E-state index contributed by atoms with van der Waals surface area (Å²) in [4.78, 5) is 4.44. The van der Waals surface area contributed by atoms with E-state index in [1.807, 2.05) is 39.0 Å². The zero-order chi connectivity index (χ0) is 14.0. The number of nitrogens with zero attached hydrogens (tertiary/aromatic N) is 2. The molecular formula is C16H16N2O. The van der Waals surface area contributed by atoms with E-state index in [4.69, 9.17) is 5.26 Å². The van der Waals surface area contributed by atoms with Crippen LogP contribution in [-0.2, 0) is 6.61 Å². The van der Waals surface area contributed by atoms with Crippen LogP contribution in [0.2, 0.25) is 0 Å². The maximum absolute atomic E-state index is 9.34. The number of aliphatic hydroxyl groups is 1. The molecule has 0 saturated carbocycles. The predicted octanol–water partition coefficient (Wildman–Crippen LogP) is 3.04. The third kappa shape index (κ3) is 2.49. The van der Waals surface area contributed by atoms with Crippen LogP contribution < -0.4 is 0 Å². The summed E-state index contributed by atoms with van der Waals surface area (Å²) in [6.45, 7) is 5.89. The number of pyridine rings is 1. The first-order valence-electron chi connectivity index (χ1n) is 6.15. The summed E-state index contributed by atoms with van der Waals surface area (Å²) in [6.07, 6.45) is 1.78. The molecule has 1 heterocycles. The van der Waals surface area contributed by atoms with Crippen LogP contribution in [0.1, 0.15) is 27.8 Å². The Bertz CT molecular complexity index is 646. The van der Waals surface area contributed by atoms with Crippen molar-refractivity contribution in [1.82, 2.24) is 4.98 Å². The summed E-state index contributed by atoms with van der Waals surface area (Å²) >= 11 is 0. The Morgan fingerprint density at radius 3 is 2.26 bits per heavy atom. The van der Waals surface area contributed by atoms with E-state index in [1.54, 1.807) is 6.20 Å². The zero-order valence-corrected chi connectivity index (χ0v) is 11.4. The Hall–Kier alpha value is -2.18. The van der Waals surface area contributed by atoms with Gasteiger partial charge in [0.2, 0.25) is 0 Å². The lowest BCUT2D eigenvalue weighted by Gasteiger charge is -2.12. The molecule has 0 aliphatic rings. The fourth-order valence-electron chi connectivity index (χ4n) is 2.30. The average molecular weight is 252 g/mol. The van der Waals surface area contributed by atoms with Gasteiger partial charge in [-0.15, -0.1) is 0 Å². The summed E-state index contributed by atoms with van der Waals surface area (Å²) in [7, 11) is 0. The van der Waals surface area contributed by atoms with Crippen molar-refractivity contribution < 1.29 is 5.11 Å². The molecule has 0 fully saturated rings. The molecule has 0 bridgehead atoms. The number of aliphatic hydroxyl groups excluding tert-OH is 1. The second-order valence-electron chi connectivity index (χ2n) is 4.75. The summed E-state index contributed by atoms with van der Waals surface area (Å²) in [5, 5.41) is 18.3. The van der Waals surface area contributed by atoms with Gasteiger partial charge < -0.3 is 5.11 Å². The number of benzene rings is 1. The average Bonchev–Trinajstić information content (AvgIpc) is 2.39. The van der Waals surface area contributed by atoms with Crippen molar-refractivity contribution in [2.45, 2.75) is 27.4 Å². The van der Waals surface area contributed by atoms with Crippen LogP contribution in [0.3, 0.4) is 0 Å². The number of aromatic nitrogens is 1. The Morgan fingerprint density at radius 1 is 1.11 bits per heavy atom. The fourth-order valence-corrected chi connectivity index (χ4v) is 2.30. The summed E-state index contributed by atoms with van der Waals surface area (Å²) in [5.41, 5.74) is 6.45. The van der Waals surface area contributed by atoms with Crippen molar-refractivity contribution in [3.63, 3.8) is 0 Å². The second kappa shape index (κ2) is 5.21. The molecule has 0 unspecified atom stereocenters. The minimum Gasteiger partial charge on any atom is -0.392 e. The van der Waals surface area contributed by atoms with Crippen LogP contribution in [0.4, 0.5) is 0 Å². The highest BCUT2D eigenvalue weighted by atomic mass is 16.3. The van der Waals surface area contributed by atoms with Crippen LogP contribution in [0.15, 0.2) is 24.4 Å². The van der Waals surface area contributed by atoms with E-state index in [2.05, 4.69) is 11.1 Å². The maximum atomic E-state index is 9.34. The van der Waals surface area contributed by atoms with Crippen molar-refractivity contribution in [2.75, 3.05) is 0 Å². The van der Waals surface area contributed by atoms with Crippen LogP contribution >= 0.6 is 0 Å². The highest BCUT2D eigenvalue weighted by Crippen LogP contribution is 2.28. The monoisotopic (exact) mass is 252 g/mol. The lowest BCUT2D eigenvalue weighted by molar-refractivity contribution is 0.281. The van der Waals surface area contributed by atoms with E-state index in [1.165, 1.54) is 0 Å². The molecule has 0 aliphatic heterocycles. The van der Waals surface area contributed by atoms with E-state index < -0.39 is 0 Å². The molecule has 0 radical (unpaired) electrons. The van der Waals surface area contributed by atoms with Crippen molar-refractivity contribution in [2.24, 2.45) is 0 Å². The normalized spacial score (nSPS) is 10.3. The molecule has 1 aromatic heterocycles. The molecular weight excluding hydrogens is 236 g/mol. The van der Waals surface area contributed by atoms with E-state index in [0.717, 1.165) is 33.5 Å². The van der Waals surface area contributed by atoms with Crippen LogP contribution in [-0.4, -0.2) is 10.1 Å². The molecule has 3 heteroatoms. The highest BCUT2D eigenvalue weighted by molar-refractivity contribution is 5.69. The molecule has 0 spiro atoms. The topological polar surface area (TPSA) is 56.9 Å². The van der Waals surface area contributed by atoms with Gasteiger partial charge in [0.25, 0.3) is 0 Å². The molecule has 0 saturated heterocycles. The standard InChI is InChI=1S/C16H16N2O/c1-10-4-13(7-17)5-11(2)16(10)15-6-14(9-19)12(3)8-18-15/h4-6,8,19H,9H2,1-3H3. The molecule has 2 aromatic rings. The lowest BCUT2D eigenvalue weighted by Crippen LogP contribution is -1.96. The second-order valence-corrected chi connectivity index (χ2v) is 4.75. The van der Waals surface area contributed by atoms with E-state index in [-0.39, 0.29) is 6.61 Å². The SMILES string of the molecule is Cc1cnc(-c2c(C)cc(C#N)cc2C)cc1CO. The molecule has 1 N–H and O–H groups in total. The summed E-state index contributed by atoms with van der Waals surface area (Å²) < 4.78 is 0. The molecule has 2 rings (SSSR count). The number of rotatable bonds is 2. The van der Waals surface area contributed by atoms with Crippen molar-refractivity contribution in [1.29, 1.82) is 5.26 Å². The Balaban J connectivity index is 2.63. The highest BCUT2D eigenvalue weighted by Gasteiger charge is 2.10. The van der Waals surface area contributed by atoms with Crippen molar-refractivity contribution in [3.8, 4) is 17.3 Å². The largest absolute Gasteiger partial charge is 0.392 e. The number of nitriles is 1. The van der Waals surface area contributed by atoms with Crippen LogP contribution in [0.25, 0.3) is 11.3 Å². The van der Waals surface area contributed by atoms with Gasteiger partial charge in [-0.25, -0.2) is 0 Å². The number of aryl methyl sites for hydroxylation is 3. The van der Waals surface area contributed by atoms with Gasteiger partial charge >= 0.3 is 0 Å². The predicted molar refractivity (Wildman–Crippen MR) is 74.5 cm³/mol. The third-order valence-electron chi connectivity index (χ3n) is 3.30. The van der Waals surface area contributed by atoms with Crippen LogP contribution in [0, 0.1) is 32.1 Å². The van der Waals surface area contributed by atoms with Gasteiger partial charge in [-0.1, -0.05) is 0 Å². The Labute approximate surface area is 113 Å². The first kappa shape index (κ1) is 13.3.